The molecule has 0 bridgehead atoms. The van der Waals surface area contributed by atoms with Crippen molar-refractivity contribution in [3.63, 3.8) is 0 Å². The summed E-state index contributed by atoms with van der Waals surface area (Å²) < 4.78 is 5.80. The number of hydrogen-bond donors (Lipinski definition) is 1. The minimum absolute atomic E-state index is 0.389. The maximum atomic E-state index is 5.80. The van der Waals surface area contributed by atoms with Crippen molar-refractivity contribution in [2.75, 3.05) is 59.5 Å². The van der Waals surface area contributed by atoms with E-state index in [4.69, 9.17) is 4.74 Å². The summed E-state index contributed by atoms with van der Waals surface area (Å²) in [6.07, 6.45) is 1.60. The van der Waals surface area contributed by atoms with Gasteiger partial charge in [-0.15, -0.1) is 0 Å². The van der Waals surface area contributed by atoms with Gasteiger partial charge in [-0.1, -0.05) is 13.8 Å². The fraction of sp³-hybridized carbons (Fsp3) is 1.00. The molecule has 0 aromatic carbocycles. The first-order chi connectivity index (χ1) is 8.26. The number of rotatable bonds is 8. The Balaban J connectivity index is 2.14. The molecule has 0 aliphatic carbocycles. The Kier molecular flexibility index (Phi) is 7.77. The number of likely N-dealkylation sites (N-methyl/N-ethyl adjacent to an activating group) is 1. The monoisotopic (exact) mass is 243 g/mol. The topological polar surface area (TPSA) is 27.7 Å². The van der Waals surface area contributed by atoms with Crippen LogP contribution in [0.2, 0.25) is 0 Å². The van der Waals surface area contributed by atoms with Crippen molar-refractivity contribution in [3.05, 3.63) is 0 Å². The predicted octanol–water partition coefficient (Wildman–Crippen LogP) is 0.639. The molecule has 0 aromatic heterocycles. The normalized spacial score (nSPS) is 22.2. The Morgan fingerprint density at radius 1 is 1.35 bits per heavy atom. The highest BCUT2D eigenvalue weighted by Crippen LogP contribution is 2.05. The lowest BCUT2D eigenvalue weighted by Crippen LogP contribution is -2.48. The molecule has 1 aliphatic rings. The molecular weight excluding hydrogens is 214 g/mol. The Morgan fingerprint density at radius 2 is 2.18 bits per heavy atom. The highest BCUT2D eigenvalue weighted by molar-refractivity contribution is 4.74. The molecule has 1 fully saturated rings. The average Bonchev–Trinajstić information content (AvgIpc) is 2.35. The molecule has 4 heteroatoms. The van der Waals surface area contributed by atoms with Crippen molar-refractivity contribution >= 4 is 0 Å². The highest BCUT2D eigenvalue weighted by atomic mass is 16.5. The second-order valence-corrected chi connectivity index (χ2v) is 4.90. The summed E-state index contributed by atoms with van der Waals surface area (Å²) in [5.74, 6) is 0. The number of morpholine rings is 1. The summed E-state index contributed by atoms with van der Waals surface area (Å²) in [5.41, 5.74) is 0. The van der Waals surface area contributed by atoms with Crippen molar-refractivity contribution in [3.8, 4) is 0 Å². The summed E-state index contributed by atoms with van der Waals surface area (Å²) in [6.45, 7) is 13.0. The molecule has 0 unspecified atom stereocenters. The molecule has 102 valence electrons. The van der Waals surface area contributed by atoms with Gasteiger partial charge in [0.2, 0.25) is 0 Å². The van der Waals surface area contributed by atoms with Gasteiger partial charge in [0.15, 0.2) is 0 Å². The van der Waals surface area contributed by atoms with Gasteiger partial charge in [0, 0.05) is 32.7 Å². The SMILES string of the molecule is CCCNCCN1CCO[C@H](CN(C)CC)C1. The summed E-state index contributed by atoms with van der Waals surface area (Å²) in [5, 5.41) is 3.46. The van der Waals surface area contributed by atoms with E-state index in [0.29, 0.717) is 6.10 Å². The Bertz CT molecular complexity index is 190. The smallest absolute Gasteiger partial charge is 0.0829 e. The second kappa shape index (κ2) is 8.86. The van der Waals surface area contributed by atoms with E-state index >= 15 is 0 Å². The van der Waals surface area contributed by atoms with E-state index < -0.39 is 0 Å². The zero-order valence-electron chi connectivity index (χ0n) is 11.7. The lowest BCUT2D eigenvalue weighted by atomic mass is 10.2. The second-order valence-electron chi connectivity index (χ2n) is 4.90. The van der Waals surface area contributed by atoms with E-state index in [9.17, 15) is 0 Å². The van der Waals surface area contributed by atoms with Crippen molar-refractivity contribution in [1.29, 1.82) is 0 Å². The van der Waals surface area contributed by atoms with E-state index in [2.05, 4.69) is 36.0 Å². The molecular formula is C13H29N3O. The average molecular weight is 243 g/mol. The van der Waals surface area contributed by atoms with Gasteiger partial charge in [-0.2, -0.15) is 0 Å². The molecule has 1 N–H and O–H groups in total. The van der Waals surface area contributed by atoms with E-state index in [-0.39, 0.29) is 0 Å². The standard InChI is InChI=1S/C13H29N3O/c1-4-6-14-7-8-16-9-10-17-13(12-16)11-15(3)5-2/h13-14H,4-12H2,1-3H3/t13-/m1/s1. The molecule has 1 saturated heterocycles. The molecule has 0 saturated carbocycles. The summed E-state index contributed by atoms with van der Waals surface area (Å²) >= 11 is 0. The third-order valence-corrected chi connectivity index (χ3v) is 3.31. The van der Waals surface area contributed by atoms with Gasteiger partial charge in [-0.25, -0.2) is 0 Å². The van der Waals surface area contributed by atoms with Gasteiger partial charge < -0.3 is 15.0 Å². The van der Waals surface area contributed by atoms with Crippen LogP contribution in [0.5, 0.6) is 0 Å². The lowest BCUT2D eigenvalue weighted by Gasteiger charge is -2.34. The first kappa shape index (κ1) is 14.9. The molecule has 1 rings (SSSR count). The third-order valence-electron chi connectivity index (χ3n) is 3.31. The van der Waals surface area contributed by atoms with Crippen LogP contribution >= 0.6 is 0 Å². The zero-order valence-corrected chi connectivity index (χ0v) is 11.7. The summed E-state index contributed by atoms with van der Waals surface area (Å²) in [4.78, 5) is 4.84. The molecule has 0 radical (unpaired) electrons. The maximum absolute atomic E-state index is 5.80. The van der Waals surface area contributed by atoms with Crippen molar-refractivity contribution in [2.45, 2.75) is 26.4 Å². The molecule has 1 atom stereocenters. The first-order valence-electron chi connectivity index (χ1n) is 6.99. The molecule has 4 nitrogen and oxygen atoms in total. The molecule has 0 spiro atoms. The highest BCUT2D eigenvalue weighted by Gasteiger charge is 2.20. The Labute approximate surface area is 106 Å². The van der Waals surface area contributed by atoms with Gasteiger partial charge in [-0.05, 0) is 26.6 Å². The summed E-state index contributed by atoms with van der Waals surface area (Å²) in [7, 11) is 2.16. The third kappa shape index (κ3) is 6.36. The summed E-state index contributed by atoms with van der Waals surface area (Å²) in [6, 6.07) is 0. The zero-order chi connectivity index (χ0) is 12.5. The first-order valence-corrected chi connectivity index (χ1v) is 6.99. The van der Waals surface area contributed by atoms with Crippen LogP contribution in [0.15, 0.2) is 0 Å². The molecule has 1 heterocycles. The van der Waals surface area contributed by atoms with Crippen LogP contribution in [0.4, 0.5) is 0 Å². The van der Waals surface area contributed by atoms with Crippen molar-refractivity contribution in [1.82, 2.24) is 15.1 Å². The Morgan fingerprint density at radius 3 is 2.88 bits per heavy atom. The van der Waals surface area contributed by atoms with Crippen molar-refractivity contribution < 1.29 is 4.74 Å². The number of nitrogens with zero attached hydrogens (tertiary/aromatic N) is 2. The fourth-order valence-electron chi connectivity index (χ4n) is 2.11. The quantitative estimate of drug-likeness (QED) is 0.633. The van der Waals surface area contributed by atoms with Gasteiger partial charge >= 0.3 is 0 Å². The molecule has 17 heavy (non-hydrogen) atoms. The van der Waals surface area contributed by atoms with Crippen LogP contribution in [0.25, 0.3) is 0 Å². The number of nitrogens with one attached hydrogen (secondary N) is 1. The minimum atomic E-state index is 0.389. The van der Waals surface area contributed by atoms with Crippen LogP contribution in [-0.2, 0) is 4.74 Å². The van der Waals surface area contributed by atoms with Crippen LogP contribution in [0.3, 0.4) is 0 Å². The van der Waals surface area contributed by atoms with Gasteiger partial charge in [0.25, 0.3) is 0 Å². The largest absolute Gasteiger partial charge is 0.374 e. The molecule has 0 aromatic rings. The van der Waals surface area contributed by atoms with E-state index in [0.717, 1.165) is 52.4 Å². The lowest BCUT2D eigenvalue weighted by molar-refractivity contribution is -0.0394. The van der Waals surface area contributed by atoms with Gasteiger partial charge in [0.1, 0.15) is 0 Å². The predicted molar refractivity (Wildman–Crippen MR) is 72.5 cm³/mol. The van der Waals surface area contributed by atoms with Crippen LogP contribution < -0.4 is 5.32 Å². The maximum Gasteiger partial charge on any atom is 0.0829 e. The van der Waals surface area contributed by atoms with Crippen molar-refractivity contribution in [2.24, 2.45) is 0 Å². The van der Waals surface area contributed by atoms with Crippen LogP contribution in [0.1, 0.15) is 20.3 Å². The van der Waals surface area contributed by atoms with Gasteiger partial charge in [-0.3, -0.25) is 4.90 Å². The van der Waals surface area contributed by atoms with Crippen LogP contribution in [0, 0.1) is 0 Å². The number of ether oxygens (including phenoxy) is 1. The van der Waals surface area contributed by atoms with E-state index in [1.807, 2.05) is 0 Å². The number of hydrogen-bond acceptors (Lipinski definition) is 4. The van der Waals surface area contributed by atoms with E-state index in [1.165, 1.54) is 6.42 Å². The Hall–Kier alpha value is -0.160. The van der Waals surface area contributed by atoms with Crippen LogP contribution in [-0.4, -0.2) is 75.4 Å². The molecule has 1 aliphatic heterocycles. The van der Waals surface area contributed by atoms with E-state index in [1.54, 1.807) is 0 Å². The molecule has 0 amide bonds. The fourth-order valence-corrected chi connectivity index (χ4v) is 2.11. The van der Waals surface area contributed by atoms with Gasteiger partial charge in [0.05, 0.1) is 12.7 Å². The minimum Gasteiger partial charge on any atom is -0.374 e.